The fourth-order valence-electron chi connectivity index (χ4n) is 3.97. The lowest BCUT2D eigenvalue weighted by molar-refractivity contribution is -0.126. The Labute approximate surface area is 153 Å². The molecule has 0 spiro atoms. The maximum Gasteiger partial charge on any atom is 0.223 e. The zero-order chi connectivity index (χ0) is 17.9. The molecule has 0 bridgehead atoms. The van der Waals surface area contributed by atoms with Gasteiger partial charge in [-0.25, -0.2) is 0 Å². The molecule has 0 aliphatic carbocycles. The molecule has 1 aromatic carbocycles. The topological polar surface area (TPSA) is 67.4 Å². The Hall–Kier alpha value is -2.21. The van der Waals surface area contributed by atoms with Crippen LogP contribution in [0.1, 0.15) is 31.4 Å². The lowest BCUT2D eigenvalue weighted by Crippen LogP contribution is -2.45. The minimum Gasteiger partial charge on any atom is -0.381 e. The Morgan fingerprint density at radius 1 is 1.08 bits per heavy atom. The van der Waals surface area contributed by atoms with Crippen molar-refractivity contribution in [3.63, 3.8) is 0 Å². The van der Waals surface area contributed by atoms with Gasteiger partial charge in [-0.15, -0.1) is 5.10 Å². The molecule has 6 nitrogen and oxygen atoms in total. The standard InChI is InChI=1S/C20H26N4O2/c1-14-17-4-2-3-5-18(17)19(23-22-14)24-10-6-15(7-11-24)20(25)21-16-8-12-26-13-9-16/h2-5,15-16H,6-13H2,1H3,(H,21,25). The highest BCUT2D eigenvalue weighted by molar-refractivity contribution is 5.93. The Morgan fingerprint density at radius 2 is 1.77 bits per heavy atom. The Bertz CT molecular complexity index is 780. The number of nitrogens with one attached hydrogen (secondary N) is 1. The van der Waals surface area contributed by atoms with Crippen molar-refractivity contribution in [2.24, 2.45) is 5.92 Å². The summed E-state index contributed by atoms with van der Waals surface area (Å²) in [7, 11) is 0. The molecule has 1 aromatic heterocycles. The van der Waals surface area contributed by atoms with E-state index >= 15 is 0 Å². The van der Waals surface area contributed by atoms with E-state index in [9.17, 15) is 4.79 Å². The largest absolute Gasteiger partial charge is 0.381 e. The molecule has 1 N–H and O–H groups in total. The van der Waals surface area contributed by atoms with Gasteiger partial charge in [0.15, 0.2) is 5.82 Å². The van der Waals surface area contributed by atoms with Crippen LogP contribution in [0.25, 0.3) is 10.8 Å². The maximum absolute atomic E-state index is 12.6. The van der Waals surface area contributed by atoms with Crippen molar-refractivity contribution < 1.29 is 9.53 Å². The van der Waals surface area contributed by atoms with E-state index in [0.29, 0.717) is 0 Å². The van der Waals surface area contributed by atoms with Gasteiger partial charge in [0, 0.05) is 49.0 Å². The summed E-state index contributed by atoms with van der Waals surface area (Å²) in [5.41, 5.74) is 0.954. The van der Waals surface area contributed by atoms with Crippen molar-refractivity contribution >= 4 is 22.5 Å². The molecule has 1 amide bonds. The molecule has 0 saturated carbocycles. The number of carbonyl (C=O) groups excluding carboxylic acids is 1. The first-order chi connectivity index (χ1) is 12.7. The number of aromatic nitrogens is 2. The van der Waals surface area contributed by atoms with Crippen molar-refractivity contribution in [1.82, 2.24) is 15.5 Å². The van der Waals surface area contributed by atoms with E-state index in [-0.39, 0.29) is 17.9 Å². The summed E-state index contributed by atoms with van der Waals surface area (Å²) in [6.07, 6.45) is 3.57. The normalized spacial score (nSPS) is 19.7. The summed E-state index contributed by atoms with van der Waals surface area (Å²) >= 11 is 0. The average Bonchev–Trinajstić information content (AvgIpc) is 2.69. The number of fused-ring (bicyclic) bond motifs is 1. The van der Waals surface area contributed by atoms with Crippen LogP contribution in [0.4, 0.5) is 5.82 Å². The van der Waals surface area contributed by atoms with Crippen LogP contribution in [0.5, 0.6) is 0 Å². The molecular weight excluding hydrogens is 328 g/mol. The number of ether oxygens (including phenoxy) is 1. The second-order valence-corrected chi connectivity index (χ2v) is 7.31. The van der Waals surface area contributed by atoms with Crippen LogP contribution < -0.4 is 10.2 Å². The van der Waals surface area contributed by atoms with Gasteiger partial charge in [-0.2, -0.15) is 5.10 Å². The van der Waals surface area contributed by atoms with Gasteiger partial charge in [0.1, 0.15) is 0 Å². The molecule has 2 aromatic rings. The van der Waals surface area contributed by atoms with Gasteiger partial charge < -0.3 is 15.0 Å². The van der Waals surface area contributed by atoms with E-state index in [1.54, 1.807) is 0 Å². The summed E-state index contributed by atoms with van der Waals surface area (Å²) in [6.45, 7) is 5.18. The zero-order valence-electron chi connectivity index (χ0n) is 15.3. The fourth-order valence-corrected chi connectivity index (χ4v) is 3.97. The Balaban J connectivity index is 1.41. The number of piperidine rings is 1. The zero-order valence-corrected chi connectivity index (χ0v) is 15.3. The lowest BCUT2D eigenvalue weighted by Gasteiger charge is -2.33. The number of benzene rings is 1. The number of carbonyl (C=O) groups is 1. The Kier molecular flexibility index (Phi) is 5.02. The first-order valence-electron chi connectivity index (χ1n) is 9.57. The second kappa shape index (κ2) is 7.58. The predicted molar refractivity (Wildman–Crippen MR) is 101 cm³/mol. The van der Waals surface area contributed by atoms with Crippen LogP contribution in [-0.4, -0.2) is 48.4 Å². The lowest BCUT2D eigenvalue weighted by atomic mass is 9.94. The minimum absolute atomic E-state index is 0.0961. The summed E-state index contributed by atoms with van der Waals surface area (Å²) in [5.74, 6) is 1.24. The van der Waals surface area contributed by atoms with Gasteiger partial charge in [0.25, 0.3) is 0 Å². The molecule has 6 heteroatoms. The number of anilines is 1. The quantitative estimate of drug-likeness (QED) is 0.917. The van der Waals surface area contributed by atoms with Crippen molar-refractivity contribution in [3.8, 4) is 0 Å². The summed E-state index contributed by atoms with van der Waals surface area (Å²) in [4.78, 5) is 14.8. The highest BCUT2D eigenvalue weighted by Crippen LogP contribution is 2.29. The van der Waals surface area contributed by atoms with E-state index in [4.69, 9.17) is 4.74 Å². The predicted octanol–water partition coefficient (Wildman–Crippen LogP) is 2.45. The van der Waals surface area contributed by atoms with Gasteiger partial charge in [-0.05, 0) is 32.6 Å². The summed E-state index contributed by atoms with van der Waals surface area (Å²) < 4.78 is 5.36. The van der Waals surface area contributed by atoms with E-state index < -0.39 is 0 Å². The number of hydrogen-bond donors (Lipinski definition) is 1. The van der Waals surface area contributed by atoms with Crippen LogP contribution >= 0.6 is 0 Å². The summed E-state index contributed by atoms with van der Waals surface area (Å²) in [6, 6.07) is 8.56. The smallest absolute Gasteiger partial charge is 0.223 e. The number of rotatable bonds is 3. The van der Waals surface area contributed by atoms with E-state index in [1.807, 2.05) is 19.1 Å². The average molecular weight is 354 g/mol. The van der Waals surface area contributed by atoms with Crippen molar-refractivity contribution in [1.29, 1.82) is 0 Å². The molecule has 3 heterocycles. The number of nitrogens with zero attached hydrogens (tertiary/aromatic N) is 3. The van der Waals surface area contributed by atoms with E-state index in [1.165, 1.54) is 0 Å². The van der Waals surface area contributed by atoms with Crippen molar-refractivity contribution in [2.45, 2.75) is 38.6 Å². The highest BCUT2D eigenvalue weighted by Gasteiger charge is 2.28. The third-order valence-corrected chi connectivity index (χ3v) is 5.59. The summed E-state index contributed by atoms with van der Waals surface area (Å²) in [5, 5.41) is 14.3. The van der Waals surface area contributed by atoms with Gasteiger partial charge >= 0.3 is 0 Å². The number of hydrogen-bond acceptors (Lipinski definition) is 5. The fraction of sp³-hybridized carbons (Fsp3) is 0.550. The molecule has 0 unspecified atom stereocenters. The minimum atomic E-state index is 0.0961. The SMILES string of the molecule is Cc1nnc(N2CCC(C(=O)NC3CCOCC3)CC2)c2ccccc12. The van der Waals surface area contributed by atoms with Crippen LogP contribution in [0, 0.1) is 12.8 Å². The van der Waals surface area contributed by atoms with Crippen molar-refractivity contribution in [2.75, 3.05) is 31.2 Å². The highest BCUT2D eigenvalue weighted by atomic mass is 16.5. The second-order valence-electron chi connectivity index (χ2n) is 7.31. The first-order valence-corrected chi connectivity index (χ1v) is 9.57. The van der Waals surface area contributed by atoms with Gasteiger partial charge in [-0.1, -0.05) is 24.3 Å². The number of amides is 1. The van der Waals surface area contributed by atoms with Gasteiger partial charge in [-0.3, -0.25) is 4.79 Å². The molecule has 0 atom stereocenters. The third kappa shape index (κ3) is 3.51. The van der Waals surface area contributed by atoms with E-state index in [2.05, 4.69) is 32.5 Å². The van der Waals surface area contributed by atoms with Crippen molar-refractivity contribution in [3.05, 3.63) is 30.0 Å². The third-order valence-electron chi connectivity index (χ3n) is 5.59. The molecule has 26 heavy (non-hydrogen) atoms. The molecule has 2 aliphatic rings. The first kappa shape index (κ1) is 17.2. The maximum atomic E-state index is 12.6. The molecule has 2 fully saturated rings. The number of aryl methyl sites for hydroxylation is 1. The van der Waals surface area contributed by atoms with Gasteiger partial charge in [0.2, 0.25) is 5.91 Å². The molecular formula is C20H26N4O2. The van der Waals surface area contributed by atoms with Gasteiger partial charge in [0.05, 0.1) is 5.69 Å². The molecule has 2 saturated heterocycles. The van der Waals surface area contributed by atoms with E-state index in [0.717, 1.165) is 74.3 Å². The molecule has 138 valence electrons. The monoisotopic (exact) mass is 354 g/mol. The molecule has 0 radical (unpaired) electrons. The molecule has 4 rings (SSSR count). The van der Waals surface area contributed by atoms with Crippen LogP contribution in [-0.2, 0) is 9.53 Å². The molecule has 2 aliphatic heterocycles. The Morgan fingerprint density at radius 3 is 2.50 bits per heavy atom. The van der Waals surface area contributed by atoms with Crippen LogP contribution in [0.2, 0.25) is 0 Å². The van der Waals surface area contributed by atoms with Crippen LogP contribution in [0.15, 0.2) is 24.3 Å². The van der Waals surface area contributed by atoms with Crippen LogP contribution in [0.3, 0.4) is 0 Å².